The first kappa shape index (κ1) is 27.0. The van der Waals surface area contributed by atoms with Gasteiger partial charge in [0.15, 0.2) is 0 Å². The Morgan fingerprint density at radius 3 is 2.39 bits per heavy atom. The lowest BCUT2D eigenvalue weighted by atomic mass is 9.86. The highest BCUT2D eigenvalue weighted by Gasteiger charge is 2.38. The molecule has 1 aromatic carbocycles. The van der Waals surface area contributed by atoms with Gasteiger partial charge in [0, 0.05) is 44.6 Å². The second-order valence-electron chi connectivity index (χ2n) is 9.11. The fourth-order valence-electron chi connectivity index (χ4n) is 4.03. The van der Waals surface area contributed by atoms with Crippen molar-refractivity contribution in [2.75, 3.05) is 0 Å². The Morgan fingerprint density at radius 1 is 1.11 bits per heavy atom. The number of rotatable bonds is 10. The molecule has 2 atom stereocenters. The van der Waals surface area contributed by atoms with Gasteiger partial charge in [0.05, 0.1) is 6.54 Å². The number of alkyl halides is 2. The van der Waals surface area contributed by atoms with Gasteiger partial charge in [-0.25, -0.2) is 13.8 Å². The molecule has 0 bridgehead atoms. The molecule has 0 unspecified atom stereocenters. The summed E-state index contributed by atoms with van der Waals surface area (Å²) < 4.78 is 28.5. The second-order valence-corrected chi connectivity index (χ2v) is 9.11. The van der Waals surface area contributed by atoms with Crippen LogP contribution in [0.15, 0.2) is 42.7 Å². The molecule has 1 aliphatic carbocycles. The van der Waals surface area contributed by atoms with Crippen molar-refractivity contribution in [1.82, 2.24) is 25.5 Å². The third-order valence-corrected chi connectivity index (χ3v) is 6.31. The predicted octanol–water partition coefficient (Wildman–Crippen LogP) is 1.66. The van der Waals surface area contributed by atoms with Crippen molar-refractivity contribution in [3.05, 3.63) is 54.1 Å². The highest BCUT2D eigenvalue weighted by atomic mass is 19.3. The lowest BCUT2D eigenvalue weighted by molar-refractivity contribution is -0.140. The molecule has 1 saturated carbocycles. The number of imidazole rings is 1. The summed E-state index contributed by atoms with van der Waals surface area (Å²) in [7, 11) is 1.75. The Balaban J connectivity index is 1.62. The third-order valence-electron chi connectivity index (χ3n) is 6.31. The summed E-state index contributed by atoms with van der Waals surface area (Å²) in [5, 5.41) is 7.63. The average Bonchev–Trinajstić information content (AvgIpc) is 3.26. The largest absolute Gasteiger partial charge is 0.344 e. The van der Waals surface area contributed by atoms with Gasteiger partial charge in [-0.05, 0) is 25.3 Å². The van der Waals surface area contributed by atoms with E-state index in [4.69, 9.17) is 0 Å². The molecule has 0 radical (unpaired) electrons. The number of aromatic nitrogens is 2. The number of aryl methyl sites for hydroxylation is 1. The number of carbonyl (C=O) groups excluding carboxylic acids is 4. The van der Waals surface area contributed by atoms with Crippen molar-refractivity contribution >= 4 is 23.5 Å². The van der Waals surface area contributed by atoms with Crippen molar-refractivity contribution in [2.24, 2.45) is 13.0 Å². The Morgan fingerprint density at radius 2 is 1.78 bits per heavy atom. The zero-order valence-corrected chi connectivity index (χ0v) is 20.3. The van der Waals surface area contributed by atoms with Crippen molar-refractivity contribution in [1.29, 1.82) is 0 Å². The van der Waals surface area contributed by atoms with Crippen LogP contribution in [0.1, 0.15) is 44.0 Å². The number of benzene rings is 1. The van der Waals surface area contributed by atoms with E-state index in [9.17, 15) is 28.0 Å². The standard InChI is InChI=1S/C25H31F2N5O4/c1-16(30-23(35)18-8-10-25(26,27)11-9-18)22(34)31-19(14-17-6-4-3-5-7-17)21(33)24(36)29-15-20-28-12-13-32(20)2/h3-7,12-13,16,18-19H,8-11,14-15H2,1-2H3,(H,29,36)(H,30,35)(H,31,34)/t16-,19-/m1/s1. The van der Waals surface area contributed by atoms with Gasteiger partial charge in [-0.15, -0.1) is 0 Å². The first-order chi connectivity index (χ1) is 17.1. The fourth-order valence-corrected chi connectivity index (χ4v) is 4.03. The highest BCUT2D eigenvalue weighted by molar-refractivity contribution is 6.38. The number of nitrogens with zero attached hydrogens (tertiary/aromatic N) is 2. The Bertz CT molecular complexity index is 1080. The summed E-state index contributed by atoms with van der Waals surface area (Å²) in [5.41, 5.74) is 0.730. The van der Waals surface area contributed by atoms with Gasteiger partial charge < -0.3 is 20.5 Å². The maximum absolute atomic E-state index is 13.4. The van der Waals surface area contributed by atoms with E-state index >= 15 is 0 Å². The monoisotopic (exact) mass is 503 g/mol. The average molecular weight is 504 g/mol. The summed E-state index contributed by atoms with van der Waals surface area (Å²) in [6, 6.07) is 6.68. The normalized spacial score (nSPS) is 17.0. The van der Waals surface area contributed by atoms with Crippen LogP contribution in [0.5, 0.6) is 0 Å². The molecule has 9 nitrogen and oxygen atoms in total. The SMILES string of the molecule is C[C@@H](NC(=O)C1CCC(F)(F)CC1)C(=O)N[C@H](Cc1ccccc1)C(=O)C(=O)NCc1nccn1C. The van der Waals surface area contributed by atoms with Gasteiger partial charge in [-0.1, -0.05) is 30.3 Å². The van der Waals surface area contributed by atoms with Gasteiger partial charge in [0.2, 0.25) is 23.5 Å². The Kier molecular flexibility index (Phi) is 8.89. The number of hydrogen-bond donors (Lipinski definition) is 3. The van der Waals surface area contributed by atoms with Crippen LogP contribution in [0, 0.1) is 5.92 Å². The first-order valence-corrected chi connectivity index (χ1v) is 11.9. The minimum Gasteiger partial charge on any atom is -0.344 e. The van der Waals surface area contributed by atoms with E-state index in [0.717, 1.165) is 5.56 Å². The van der Waals surface area contributed by atoms with Crippen LogP contribution in [0.2, 0.25) is 0 Å². The second kappa shape index (κ2) is 11.9. The van der Waals surface area contributed by atoms with Crippen molar-refractivity contribution in [3.63, 3.8) is 0 Å². The molecular formula is C25H31F2N5O4. The summed E-state index contributed by atoms with van der Waals surface area (Å²) in [4.78, 5) is 55.0. The van der Waals surface area contributed by atoms with Crippen LogP contribution in [-0.4, -0.2) is 51.1 Å². The summed E-state index contributed by atoms with van der Waals surface area (Å²) >= 11 is 0. The van der Waals surface area contributed by atoms with E-state index in [2.05, 4.69) is 20.9 Å². The molecule has 36 heavy (non-hydrogen) atoms. The van der Waals surface area contributed by atoms with Crippen molar-refractivity contribution in [2.45, 2.75) is 63.6 Å². The zero-order valence-electron chi connectivity index (χ0n) is 20.3. The molecule has 0 saturated heterocycles. The molecule has 0 spiro atoms. The highest BCUT2D eigenvalue weighted by Crippen LogP contribution is 2.36. The molecular weight excluding hydrogens is 472 g/mol. The van der Waals surface area contributed by atoms with Crippen LogP contribution in [0.25, 0.3) is 0 Å². The first-order valence-electron chi connectivity index (χ1n) is 11.9. The van der Waals surface area contributed by atoms with Gasteiger partial charge in [0.1, 0.15) is 17.9 Å². The molecule has 1 aliphatic rings. The molecule has 1 heterocycles. The molecule has 3 N–H and O–H groups in total. The molecule has 1 aromatic heterocycles. The Labute approximate surface area is 208 Å². The summed E-state index contributed by atoms with van der Waals surface area (Å²) in [6.07, 6.45) is 2.68. The number of carbonyl (C=O) groups is 4. The van der Waals surface area contributed by atoms with E-state index < -0.39 is 47.4 Å². The van der Waals surface area contributed by atoms with E-state index in [0.29, 0.717) is 5.82 Å². The number of nitrogens with one attached hydrogen (secondary N) is 3. The lowest BCUT2D eigenvalue weighted by Gasteiger charge is -2.28. The number of hydrogen-bond acceptors (Lipinski definition) is 5. The van der Waals surface area contributed by atoms with Crippen LogP contribution in [0.3, 0.4) is 0 Å². The maximum Gasteiger partial charge on any atom is 0.289 e. The number of Topliss-reactive ketones (excluding diaryl/α,β-unsaturated/α-hetero) is 1. The topological polar surface area (TPSA) is 122 Å². The minimum atomic E-state index is -2.76. The molecule has 11 heteroatoms. The van der Waals surface area contributed by atoms with Crippen LogP contribution in [-0.2, 0) is 39.2 Å². The molecule has 0 aliphatic heterocycles. The predicted molar refractivity (Wildman–Crippen MR) is 127 cm³/mol. The quantitative estimate of drug-likeness (QED) is 0.426. The molecule has 3 rings (SSSR count). The van der Waals surface area contributed by atoms with Crippen molar-refractivity contribution in [3.8, 4) is 0 Å². The van der Waals surface area contributed by atoms with E-state index in [1.807, 2.05) is 0 Å². The van der Waals surface area contributed by atoms with Crippen LogP contribution < -0.4 is 16.0 Å². The fraction of sp³-hybridized carbons (Fsp3) is 0.480. The third kappa shape index (κ3) is 7.43. The molecule has 3 amide bonds. The van der Waals surface area contributed by atoms with Crippen LogP contribution in [0.4, 0.5) is 8.78 Å². The number of amides is 3. The van der Waals surface area contributed by atoms with E-state index in [-0.39, 0.29) is 38.6 Å². The molecule has 2 aromatic rings. The lowest BCUT2D eigenvalue weighted by Crippen LogP contribution is -2.54. The van der Waals surface area contributed by atoms with Gasteiger partial charge >= 0.3 is 0 Å². The van der Waals surface area contributed by atoms with E-state index in [1.54, 1.807) is 54.3 Å². The molecule has 194 valence electrons. The minimum absolute atomic E-state index is 0.0347. The number of halogens is 2. The van der Waals surface area contributed by atoms with E-state index in [1.165, 1.54) is 6.92 Å². The van der Waals surface area contributed by atoms with Crippen LogP contribution >= 0.6 is 0 Å². The van der Waals surface area contributed by atoms with Gasteiger partial charge in [-0.2, -0.15) is 0 Å². The summed E-state index contributed by atoms with van der Waals surface area (Å²) in [5.74, 6) is -5.66. The molecule has 1 fully saturated rings. The number of ketones is 1. The smallest absolute Gasteiger partial charge is 0.289 e. The maximum atomic E-state index is 13.4. The Hall–Kier alpha value is -3.63. The van der Waals surface area contributed by atoms with Gasteiger partial charge in [0.25, 0.3) is 5.91 Å². The zero-order chi connectivity index (χ0) is 26.3. The van der Waals surface area contributed by atoms with Gasteiger partial charge in [-0.3, -0.25) is 19.2 Å². The van der Waals surface area contributed by atoms with Crippen molar-refractivity contribution < 1.29 is 28.0 Å². The summed E-state index contributed by atoms with van der Waals surface area (Å²) in [6.45, 7) is 1.48.